The van der Waals surface area contributed by atoms with Crippen LogP contribution in [-0.2, 0) is 14.3 Å². The minimum Gasteiger partial charge on any atom is -0.481 e. The average Bonchev–Trinajstić information content (AvgIpc) is 3.01. The third-order valence-corrected chi connectivity index (χ3v) is 8.05. The van der Waals surface area contributed by atoms with Crippen LogP contribution < -0.4 is 0 Å². The van der Waals surface area contributed by atoms with E-state index in [9.17, 15) is 9.59 Å². The normalized spacial score (nSPS) is 12.8. The summed E-state index contributed by atoms with van der Waals surface area (Å²) in [5.74, 6) is -0.760. The molecule has 0 bridgehead atoms. The Labute approximate surface area is 272 Å². The summed E-state index contributed by atoms with van der Waals surface area (Å²) in [6, 6.07) is 0. The van der Waals surface area contributed by atoms with Crippen molar-refractivity contribution < 1.29 is 19.4 Å². The predicted molar refractivity (Wildman–Crippen MR) is 190 cm³/mol. The van der Waals surface area contributed by atoms with Gasteiger partial charge in [0.2, 0.25) is 0 Å². The lowest BCUT2D eigenvalue weighted by Crippen LogP contribution is -2.18. The van der Waals surface area contributed by atoms with Gasteiger partial charge in [-0.1, -0.05) is 140 Å². The van der Waals surface area contributed by atoms with Gasteiger partial charge in [0.1, 0.15) is 6.10 Å². The van der Waals surface area contributed by atoms with Crippen LogP contribution in [-0.4, -0.2) is 23.1 Å². The number of unbranched alkanes of at least 4 members (excludes halogenated alkanes) is 16. The first kappa shape index (κ1) is 41.9. The van der Waals surface area contributed by atoms with Gasteiger partial charge in [-0.25, -0.2) is 0 Å². The highest BCUT2D eigenvalue weighted by Gasteiger charge is 2.14. The molecule has 1 unspecified atom stereocenters. The van der Waals surface area contributed by atoms with Gasteiger partial charge in [0, 0.05) is 12.8 Å². The molecule has 0 saturated carbocycles. The highest BCUT2D eigenvalue weighted by molar-refractivity contribution is 5.69. The molecule has 0 aromatic carbocycles. The van der Waals surface area contributed by atoms with Crippen molar-refractivity contribution in [3.63, 3.8) is 0 Å². The van der Waals surface area contributed by atoms with Gasteiger partial charge >= 0.3 is 11.9 Å². The van der Waals surface area contributed by atoms with Gasteiger partial charge in [-0.15, -0.1) is 0 Å². The molecule has 0 saturated heterocycles. The summed E-state index contributed by atoms with van der Waals surface area (Å²) < 4.78 is 5.93. The van der Waals surface area contributed by atoms with E-state index in [4.69, 9.17) is 9.84 Å². The van der Waals surface area contributed by atoms with Gasteiger partial charge in [-0.2, -0.15) is 0 Å². The first-order valence-electron chi connectivity index (χ1n) is 18.6. The largest absolute Gasteiger partial charge is 0.481 e. The fourth-order valence-corrected chi connectivity index (χ4v) is 5.28. The second kappa shape index (κ2) is 35.4. The number of allylic oxidation sites excluding steroid dienone is 8. The molecule has 4 heteroatoms. The van der Waals surface area contributed by atoms with Crippen LogP contribution in [0.2, 0.25) is 0 Å². The molecule has 0 aromatic heterocycles. The molecular weight excluding hydrogens is 544 g/mol. The van der Waals surface area contributed by atoms with Crippen LogP contribution in [0.3, 0.4) is 0 Å². The average molecular weight is 615 g/mol. The lowest BCUT2D eigenvalue weighted by Gasteiger charge is -2.18. The Morgan fingerprint density at radius 2 is 0.886 bits per heavy atom. The van der Waals surface area contributed by atoms with Gasteiger partial charge in [-0.3, -0.25) is 9.59 Å². The fraction of sp³-hybridized carbons (Fsp3) is 0.750. The molecular formula is C40H70O4. The maximum Gasteiger partial charge on any atom is 0.306 e. The molecule has 0 rings (SSSR count). The Bertz CT molecular complexity index is 748. The quantitative estimate of drug-likeness (QED) is 0.0454. The second-order valence-electron chi connectivity index (χ2n) is 12.4. The van der Waals surface area contributed by atoms with Crippen LogP contribution in [0, 0.1) is 0 Å². The molecule has 1 N–H and O–H groups in total. The highest BCUT2D eigenvalue weighted by Crippen LogP contribution is 2.18. The second-order valence-corrected chi connectivity index (χ2v) is 12.4. The number of aliphatic carboxylic acids is 1. The van der Waals surface area contributed by atoms with E-state index in [1.54, 1.807) is 0 Å². The molecule has 44 heavy (non-hydrogen) atoms. The van der Waals surface area contributed by atoms with E-state index < -0.39 is 5.97 Å². The van der Waals surface area contributed by atoms with E-state index in [2.05, 4.69) is 62.5 Å². The lowest BCUT2D eigenvalue weighted by atomic mass is 10.0. The number of carboxylic acids is 1. The molecule has 0 aliphatic heterocycles. The van der Waals surface area contributed by atoms with Gasteiger partial charge in [-0.05, 0) is 83.5 Å². The van der Waals surface area contributed by atoms with Gasteiger partial charge in [0.15, 0.2) is 0 Å². The number of ether oxygens (including phenoxy) is 1. The van der Waals surface area contributed by atoms with Crippen LogP contribution in [0.1, 0.15) is 187 Å². The number of rotatable bonds is 33. The van der Waals surface area contributed by atoms with Crippen LogP contribution in [0.4, 0.5) is 0 Å². The van der Waals surface area contributed by atoms with Crippen molar-refractivity contribution in [1.29, 1.82) is 0 Å². The van der Waals surface area contributed by atoms with Crippen molar-refractivity contribution >= 4 is 11.9 Å². The molecule has 4 nitrogen and oxygen atoms in total. The molecule has 0 fully saturated rings. The van der Waals surface area contributed by atoms with Crippen LogP contribution >= 0.6 is 0 Å². The Hall–Kier alpha value is -2.10. The third-order valence-electron chi connectivity index (χ3n) is 8.05. The number of esters is 1. The number of carbonyl (C=O) groups is 2. The Morgan fingerprint density at radius 3 is 1.41 bits per heavy atom. The Balaban J connectivity index is 4.01. The zero-order valence-electron chi connectivity index (χ0n) is 29.0. The molecule has 0 heterocycles. The zero-order chi connectivity index (χ0) is 32.2. The van der Waals surface area contributed by atoms with Crippen LogP contribution in [0.25, 0.3) is 0 Å². The van der Waals surface area contributed by atoms with E-state index in [-0.39, 0.29) is 18.5 Å². The van der Waals surface area contributed by atoms with Crippen molar-refractivity contribution in [2.24, 2.45) is 0 Å². The Kier molecular flexibility index (Phi) is 33.7. The molecule has 0 aromatic rings. The summed E-state index contributed by atoms with van der Waals surface area (Å²) in [4.78, 5) is 23.3. The highest BCUT2D eigenvalue weighted by atomic mass is 16.5. The summed E-state index contributed by atoms with van der Waals surface area (Å²) >= 11 is 0. The maximum absolute atomic E-state index is 12.6. The number of carboxylic acid groups (broad SMARTS) is 1. The van der Waals surface area contributed by atoms with E-state index in [0.717, 1.165) is 89.9 Å². The molecule has 0 radical (unpaired) electrons. The molecule has 1 atom stereocenters. The maximum atomic E-state index is 12.6. The predicted octanol–water partition coefficient (Wildman–Crippen LogP) is 12.8. The molecule has 0 spiro atoms. The third kappa shape index (κ3) is 34.4. The Morgan fingerprint density at radius 1 is 0.500 bits per heavy atom. The van der Waals surface area contributed by atoms with Gasteiger partial charge in [0.05, 0.1) is 0 Å². The van der Waals surface area contributed by atoms with E-state index >= 15 is 0 Å². The molecule has 0 aliphatic rings. The van der Waals surface area contributed by atoms with Crippen molar-refractivity contribution in [3.05, 3.63) is 48.6 Å². The summed E-state index contributed by atoms with van der Waals surface area (Å²) in [6.07, 6.45) is 46.9. The first-order valence-corrected chi connectivity index (χ1v) is 18.6. The number of hydrogen-bond donors (Lipinski definition) is 1. The topological polar surface area (TPSA) is 63.6 Å². The summed E-state index contributed by atoms with van der Waals surface area (Å²) in [7, 11) is 0. The summed E-state index contributed by atoms with van der Waals surface area (Å²) in [5, 5.41) is 8.82. The first-order chi connectivity index (χ1) is 21.6. The van der Waals surface area contributed by atoms with Crippen LogP contribution in [0.15, 0.2) is 48.6 Å². The fourth-order valence-electron chi connectivity index (χ4n) is 5.28. The minimum absolute atomic E-state index is 0.0192. The molecule has 0 amide bonds. The van der Waals surface area contributed by atoms with Crippen molar-refractivity contribution in [2.45, 2.75) is 193 Å². The van der Waals surface area contributed by atoms with Crippen molar-refractivity contribution in [3.8, 4) is 0 Å². The van der Waals surface area contributed by atoms with Gasteiger partial charge < -0.3 is 9.84 Å². The number of carbonyl (C=O) groups excluding carboxylic acids is 1. The van der Waals surface area contributed by atoms with E-state index in [1.807, 2.05) is 0 Å². The monoisotopic (exact) mass is 615 g/mol. The number of hydrogen-bond acceptors (Lipinski definition) is 3. The zero-order valence-corrected chi connectivity index (χ0v) is 29.0. The lowest BCUT2D eigenvalue weighted by molar-refractivity contribution is -0.150. The smallest absolute Gasteiger partial charge is 0.306 e. The SMILES string of the molecule is CCCCC/C=C\C/C=C\C/C=C\C/C=C\CCCCCC(=O)OC(CCCCCCCCCC)CCCCCCC(=O)O. The standard InChI is InChI=1S/C40H70O4/c1-3-5-7-9-11-13-14-15-16-17-18-19-20-21-22-23-25-27-33-37-40(43)44-38(35-31-28-29-32-36-39(41)42)34-30-26-24-12-10-8-6-4-2/h11,13,15-16,18-19,21-22,38H,3-10,12,14,17,20,23-37H2,1-2H3,(H,41,42)/b13-11-,16-15-,19-18-,22-21-. The van der Waals surface area contributed by atoms with Crippen LogP contribution in [0.5, 0.6) is 0 Å². The minimum atomic E-state index is -0.717. The van der Waals surface area contributed by atoms with E-state index in [0.29, 0.717) is 6.42 Å². The molecule has 254 valence electrons. The van der Waals surface area contributed by atoms with Crippen molar-refractivity contribution in [2.75, 3.05) is 0 Å². The summed E-state index contributed by atoms with van der Waals surface area (Å²) in [6.45, 7) is 4.50. The van der Waals surface area contributed by atoms with E-state index in [1.165, 1.54) is 70.6 Å². The van der Waals surface area contributed by atoms with Gasteiger partial charge in [0.25, 0.3) is 0 Å². The van der Waals surface area contributed by atoms with Crippen molar-refractivity contribution in [1.82, 2.24) is 0 Å². The molecule has 0 aliphatic carbocycles. The summed E-state index contributed by atoms with van der Waals surface area (Å²) in [5.41, 5.74) is 0.